The van der Waals surface area contributed by atoms with Gasteiger partial charge in [0.05, 0.1) is 14.2 Å². The van der Waals surface area contributed by atoms with Gasteiger partial charge in [0.25, 0.3) is 0 Å². The second-order valence-corrected chi connectivity index (χ2v) is 4.38. The van der Waals surface area contributed by atoms with Gasteiger partial charge in [-0.25, -0.2) is 8.78 Å². The molecule has 0 fully saturated rings. The summed E-state index contributed by atoms with van der Waals surface area (Å²) in [6, 6.07) is 8.46. The first-order valence-corrected chi connectivity index (χ1v) is 6.25. The lowest BCUT2D eigenvalue weighted by molar-refractivity contribution is 0.0991. The highest BCUT2D eigenvalue weighted by atomic mass is 19.1. The fraction of sp³-hybridized carbons (Fsp3) is 0.188. The van der Waals surface area contributed by atoms with Gasteiger partial charge in [-0.2, -0.15) is 0 Å². The average molecular weight is 292 g/mol. The lowest BCUT2D eigenvalue weighted by atomic mass is 10.0. The Morgan fingerprint density at radius 1 is 1.05 bits per heavy atom. The highest BCUT2D eigenvalue weighted by Gasteiger charge is 2.15. The SMILES string of the molecule is COc1ccc(C(=O)Cc2cccc(OC)c2F)cc1F. The number of hydrogen-bond acceptors (Lipinski definition) is 3. The molecule has 110 valence electrons. The summed E-state index contributed by atoms with van der Waals surface area (Å²) < 4.78 is 37.2. The molecule has 0 aliphatic rings. The van der Waals surface area contributed by atoms with Crippen LogP contribution < -0.4 is 9.47 Å². The zero-order valence-corrected chi connectivity index (χ0v) is 11.7. The first-order chi connectivity index (χ1) is 10.1. The van der Waals surface area contributed by atoms with Crippen LogP contribution in [-0.4, -0.2) is 20.0 Å². The minimum Gasteiger partial charge on any atom is -0.494 e. The lowest BCUT2D eigenvalue weighted by Gasteiger charge is -2.08. The zero-order chi connectivity index (χ0) is 15.4. The van der Waals surface area contributed by atoms with E-state index in [1.54, 1.807) is 6.07 Å². The minimum atomic E-state index is -0.630. The number of ketones is 1. The molecule has 0 spiro atoms. The molecule has 5 heteroatoms. The molecule has 0 N–H and O–H groups in total. The predicted octanol–water partition coefficient (Wildman–Crippen LogP) is 3.41. The number of benzene rings is 2. The molecule has 0 atom stereocenters. The van der Waals surface area contributed by atoms with Crippen LogP contribution in [0.2, 0.25) is 0 Å². The van der Waals surface area contributed by atoms with Gasteiger partial charge < -0.3 is 9.47 Å². The smallest absolute Gasteiger partial charge is 0.168 e. The van der Waals surface area contributed by atoms with Gasteiger partial charge in [-0.3, -0.25) is 4.79 Å². The second kappa shape index (κ2) is 6.35. The summed E-state index contributed by atoms with van der Waals surface area (Å²) in [7, 11) is 2.69. The largest absolute Gasteiger partial charge is 0.494 e. The van der Waals surface area contributed by atoms with E-state index in [0.29, 0.717) is 0 Å². The van der Waals surface area contributed by atoms with Crippen molar-refractivity contribution in [1.29, 1.82) is 0 Å². The number of methoxy groups -OCH3 is 2. The van der Waals surface area contributed by atoms with E-state index in [2.05, 4.69) is 0 Å². The average Bonchev–Trinajstić information content (AvgIpc) is 2.49. The van der Waals surface area contributed by atoms with Crippen LogP contribution in [0.4, 0.5) is 8.78 Å². The molecule has 21 heavy (non-hydrogen) atoms. The standard InChI is InChI=1S/C16H14F2O3/c1-20-14-7-6-10(8-12(14)17)13(19)9-11-4-3-5-15(21-2)16(11)18/h3-8H,9H2,1-2H3. The number of ether oxygens (including phenoxy) is 2. The molecular formula is C16H14F2O3. The van der Waals surface area contributed by atoms with Gasteiger partial charge in [0.1, 0.15) is 0 Å². The fourth-order valence-corrected chi connectivity index (χ4v) is 1.97. The summed E-state index contributed by atoms with van der Waals surface area (Å²) in [6.45, 7) is 0. The summed E-state index contributed by atoms with van der Waals surface area (Å²) in [6.07, 6.45) is -0.172. The van der Waals surface area contributed by atoms with Crippen LogP contribution in [0.5, 0.6) is 11.5 Å². The minimum absolute atomic E-state index is 0.0547. The quantitative estimate of drug-likeness (QED) is 0.792. The summed E-state index contributed by atoms with van der Waals surface area (Å²) in [5.41, 5.74) is 0.367. The van der Waals surface area contributed by atoms with Crippen LogP contribution in [0.25, 0.3) is 0 Å². The third-order valence-corrected chi connectivity index (χ3v) is 3.09. The molecule has 2 rings (SSSR count). The summed E-state index contributed by atoms with van der Waals surface area (Å²) in [5.74, 6) is -1.47. The van der Waals surface area contributed by atoms with Crippen molar-refractivity contribution in [3.05, 3.63) is 59.2 Å². The number of carbonyl (C=O) groups is 1. The maximum atomic E-state index is 14.0. The Hall–Kier alpha value is -2.43. The number of carbonyl (C=O) groups excluding carboxylic acids is 1. The van der Waals surface area contributed by atoms with E-state index in [4.69, 9.17) is 9.47 Å². The Labute approximate surface area is 121 Å². The van der Waals surface area contributed by atoms with Crippen molar-refractivity contribution in [3.8, 4) is 11.5 Å². The van der Waals surface area contributed by atoms with Crippen molar-refractivity contribution in [2.75, 3.05) is 14.2 Å². The normalized spacial score (nSPS) is 10.3. The van der Waals surface area contributed by atoms with E-state index in [0.717, 1.165) is 6.07 Å². The molecule has 2 aromatic carbocycles. The van der Waals surface area contributed by atoms with Crippen molar-refractivity contribution < 1.29 is 23.0 Å². The molecule has 2 aromatic rings. The molecule has 3 nitrogen and oxygen atoms in total. The number of Topliss-reactive ketones (excluding diaryl/α,β-unsaturated/α-hetero) is 1. The Bertz CT molecular complexity index is 669. The van der Waals surface area contributed by atoms with E-state index in [9.17, 15) is 13.6 Å². The Morgan fingerprint density at radius 2 is 1.76 bits per heavy atom. The maximum absolute atomic E-state index is 14.0. The molecule has 0 aliphatic carbocycles. The van der Waals surface area contributed by atoms with Gasteiger partial charge in [-0.1, -0.05) is 12.1 Å². The predicted molar refractivity (Wildman–Crippen MR) is 73.9 cm³/mol. The molecule has 0 bridgehead atoms. The van der Waals surface area contributed by atoms with Crippen LogP contribution in [0.1, 0.15) is 15.9 Å². The summed E-state index contributed by atoms with van der Waals surface area (Å²) >= 11 is 0. The summed E-state index contributed by atoms with van der Waals surface area (Å²) in [5, 5.41) is 0. The van der Waals surface area contributed by atoms with Crippen LogP contribution in [0, 0.1) is 11.6 Å². The number of rotatable bonds is 5. The van der Waals surface area contributed by atoms with Gasteiger partial charge in [0.2, 0.25) is 0 Å². The van der Waals surface area contributed by atoms with Gasteiger partial charge in [-0.15, -0.1) is 0 Å². The Morgan fingerprint density at radius 3 is 2.38 bits per heavy atom. The van der Waals surface area contributed by atoms with Crippen molar-refractivity contribution in [2.24, 2.45) is 0 Å². The lowest BCUT2D eigenvalue weighted by Crippen LogP contribution is -2.06. The summed E-state index contributed by atoms with van der Waals surface area (Å²) in [4.78, 5) is 12.1. The Kier molecular flexibility index (Phi) is 4.52. The van der Waals surface area contributed by atoms with E-state index in [1.807, 2.05) is 0 Å². The zero-order valence-electron chi connectivity index (χ0n) is 11.7. The van der Waals surface area contributed by atoms with E-state index < -0.39 is 11.6 Å². The van der Waals surface area contributed by atoms with Crippen molar-refractivity contribution >= 4 is 5.78 Å². The van der Waals surface area contributed by atoms with Gasteiger partial charge in [0, 0.05) is 12.0 Å². The van der Waals surface area contributed by atoms with Crippen LogP contribution in [0.15, 0.2) is 36.4 Å². The van der Waals surface area contributed by atoms with Crippen LogP contribution in [-0.2, 0) is 6.42 Å². The molecule has 0 radical (unpaired) electrons. The first kappa shape index (κ1) is 15.0. The molecule has 0 amide bonds. The third kappa shape index (κ3) is 3.18. The first-order valence-electron chi connectivity index (χ1n) is 6.25. The highest BCUT2D eigenvalue weighted by molar-refractivity contribution is 5.97. The van der Waals surface area contributed by atoms with Gasteiger partial charge >= 0.3 is 0 Å². The molecule has 0 saturated carbocycles. The highest BCUT2D eigenvalue weighted by Crippen LogP contribution is 2.23. The van der Waals surface area contributed by atoms with E-state index >= 15 is 0 Å². The van der Waals surface area contributed by atoms with E-state index in [-0.39, 0.29) is 34.8 Å². The molecular weight excluding hydrogens is 278 g/mol. The topological polar surface area (TPSA) is 35.5 Å². The molecule has 0 aliphatic heterocycles. The van der Waals surface area contributed by atoms with E-state index in [1.165, 1.54) is 38.5 Å². The van der Waals surface area contributed by atoms with Crippen molar-refractivity contribution in [2.45, 2.75) is 6.42 Å². The van der Waals surface area contributed by atoms with Crippen LogP contribution in [0.3, 0.4) is 0 Å². The third-order valence-electron chi connectivity index (χ3n) is 3.09. The number of hydrogen-bond donors (Lipinski definition) is 0. The molecule has 0 heterocycles. The Balaban J connectivity index is 2.24. The monoisotopic (exact) mass is 292 g/mol. The number of halogens is 2. The van der Waals surface area contributed by atoms with Crippen LogP contribution >= 0.6 is 0 Å². The molecule has 0 saturated heterocycles. The van der Waals surface area contributed by atoms with Gasteiger partial charge in [-0.05, 0) is 29.8 Å². The maximum Gasteiger partial charge on any atom is 0.168 e. The fourth-order valence-electron chi connectivity index (χ4n) is 1.97. The van der Waals surface area contributed by atoms with Crippen molar-refractivity contribution in [3.63, 3.8) is 0 Å². The molecule has 0 aromatic heterocycles. The second-order valence-electron chi connectivity index (χ2n) is 4.38. The van der Waals surface area contributed by atoms with Crippen molar-refractivity contribution in [1.82, 2.24) is 0 Å². The van der Waals surface area contributed by atoms with Gasteiger partial charge in [0.15, 0.2) is 28.9 Å². The molecule has 0 unspecified atom stereocenters.